The molecule has 1 saturated carbocycles. The van der Waals surface area contributed by atoms with Gasteiger partial charge in [0.1, 0.15) is 11.2 Å². The highest BCUT2D eigenvalue weighted by Crippen LogP contribution is 2.51. The highest BCUT2D eigenvalue weighted by atomic mass is 16.5. The lowest BCUT2D eigenvalue weighted by Gasteiger charge is -2.28. The fourth-order valence-corrected chi connectivity index (χ4v) is 3.08. The Hall–Kier alpha value is -1.91. The third kappa shape index (κ3) is 2.07. The predicted octanol–water partition coefficient (Wildman–Crippen LogP) is 2.61. The quantitative estimate of drug-likeness (QED) is 0.898. The summed E-state index contributed by atoms with van der Waals surface area (Å²) < 4.78 is 16.1. The minimum atomic E-state index is -0.953. The van der Waals surface area contributed by atoms with Crippen LogP contribution in [0.5, 0.6) is 17.2 Å². The average molecular weight is 280 g/mol. The van der Waals surface area contributed by atoms with Gasteiger partial charge in [-0.2, -0.15) is 0 Å². The van der Waals surface area contributed by atoms with Crippen LogP contribution in [0.1, 0.15) is 31.2 Å². The van der Waals surface area contributed by atoms with Crippen molar-refractivity contribution in [3.63, 3.8) is 0 Å². The number of hydrogen-bond acceptors (Lipinski definition) is 4. The highest BCUT2D eigenvalue weighted by Gasteiger charge is 2.47. The van der Waals surface area contributed by atoms with E-state index in [1.165, 1.54) is 21.3 Å². The number of rotatable bonds is 5. The molecule has 0 aromatic heterocycles. The van der Waals surface area contributed by atoms with Crippen molar-refractivity contribution in [3.8, 4) is 17.2 Å². The fraction of sp³-hybridized carbons (Fsp3) is 0.533. The van der Waals surface area contributed by atoms with Gasteiger partial charge in [-0.15, -0.1) is 0 Å². The number of hydrogen-bond donors (Lipinski definition) is 1. The third-order valence-electron chi connectivity index (χ3n) is 4.07. The normalized spacial score (nSPS) is 16.8. The molecule has 1 aliphatic carbocycles. The lowest BCUT2D eigenvalue weighted by molar-refractivity contribution is -0.143. The van der Waals surface area contributed by atoms with Crippen molar-refractivity contribution in [1.82, 2.24) is 0 Å². The van der Waals surface area contributed by atoms with Crippen LogP contribution in [0.25, 0.3) is 0 Å². The molecule has 1 N–H and O–H groups in total. The Morgan fingerprint density at radius 1 is 1.05 bits per heavy atom. The van der Waals surface area contributed by atoms with Gasteiger partial charge in [0.15, 0.2) is 11.5 Å². The van der Waals surface area contributed by atoms with Crippen LogP contribution in [0.2, 0.25) is 0 Å². The molecule has 1 aliphatic rings. The van der Waals surface area contributed by atoms with Gasteiger partial charge in [0.2, 0.25) is 0 Å². The second-order valence-electron chi connectivity index (χ2n) is 4.97. The van der Waals surface area contributed by atoms with Crippen LogP contribution < -0.4 is 14.2 Å². The topological polar surface area (TPSA) is 65.0 Å². The van der Waals surface area contributed by atoms with Gasteiger partial charge < -0.3 is 19.3 Å². The van der Waals surface area contributed by atoms with Gasteiger partial charge in [-0.25, -0.2) is 0 Å². The summed E-state index contributed by atoms with van der Waals surface area (Å²) in [6.07, 6.45) is 2.94. The van der Waals surface area contributed by atoms with Crippen molar-refractivity contribution in [2.75, 3.05) is 21.3 Å². The van der Waals surface area contributed by atoms with Gasteiger partial charge in [0.25, 0.3) is 0 Å². The van der Waals surface area contributed by atoms with E-state index in [4.69, 9.17) is 14.2 Å². The van der Waals surface area contributed by atoms with Gasteiger partial charge >= 0.3 is 5.97 Å². The Bertz CT molecular complexity index is 503. The standard InChI is InChI=1S/C15H20O5/c1-18-10-6-7-11(19-2)13(20-3)12(10)15(14(16)17)8-4-5-9-15/h6-7H,4-5,8-9H2,1-3H3,(H,16,17). The van der Waals surface area contributed by atoms with E-state index in [0.717, 1.165) is 12.8 Å². The highest BCUT2D eigenvalue weighted by molar-refractivity contribution is 5.85. The molecule has 1 fully saturated rings. The molecule has 20 heavy (non-hydrogen) atoms. The van der Waals surface area contributed by atoms with Crippen LogP contribution >= 0.6 is 0 Å². The van der Waals surface area contributed by atoms with E-state index < -0.39 is 11.4 Å². The number of carboxylic acids is 1. The smallest absolute Gasteiger partial charge is 0.314 e. The maximum Gasteiger partial charge on any atom is 0.314 e. The Labute approximate surface area is 118 Å². The zero-order chi connectivity index (χ0) is 14.8. The Morgan fingerprint density at radius 3 is 2.05 bits per heavy atom. The summed E-state index contributed by atoms with van der Waals surface area (Å²) in [5.74, 6) is 0.679. The molecule has 0 radical (unpaired) electrons. The molecule has 5 heteroatoms. The summed E-state index contributed by atoms with van der Waals surface area (Å²) >= 11 is 0. The van der Waals surface area contributed by atoms with Crippen LogP contribution in [0.15, 0.2) is 12.1 Å². The van der Waals surface area contributed by atoms with Gasteiger partial charge in [-0.3, -0.25) is 4.79 Å². The van der Waals surface area contributed by atoms with Crippen molar-refractivity contribution < 1.29 is 24.1 Å². The first-order valence-electron chi connectivity index (χ1n) is 6.63. The predicted molar refractivity (Wildman–Crippen MR) is 73.9 cm³/mol. The lowest BCUT2D eigenvalue weighted by Crippen LogP contribution is -2.33. The van der Waals surface area contributed by atoms with Gasteiger partial charge in [0, 0.05) is 0 Å². The molecule has 0 aliphatic heterocycles. The van der Waals surface area contributed by atoms with Crippen LogP contribution in [0.4, 0.5) is 0 Å². The zero-order valence-electron chi connectivity index (χ0n) is 12.1. The molecule has 0 heterocycles. The average Bonchev–Trinajstić information content (AvgIpc) is 2.96. The van der Waals surface area contributed by atoms with Gasteiger partial charge in [0.05, 0.1) is 26.9 Å². The number of methoxy groups -OCH3 is 3. The third-order valence-corrected chi connectivity index (χ3v) is 4.07. The van der Waals surface area contributed by atoms with E-state index >= 15 is 0 Å². The molecule has 0 spiro atoms. The molecule has 0 amide bonds. The molecule has 0 bridgehead atoms. The van der Waals surface area contributed by atoms with Gasteiger partial charge in [-0.05, 0) is 25.0 Å². The minimum absolute atomic E-state index is 0.455. The lowest BCUT2D eigenvalue weighted by atomic mass is 9.77. The SMILES string of the molecule is COc1ccc(OC)c(C2(C(=O)O)CCCC2)c1OC. The van der Waals surface area contributed by atoms with Gasteiger partial charge in [-0.1, -0.05) is 12.8 Å². The summed E-state index contributed by atoms with van der Waals surface area (Å²) in [5.41, 5.74) is -0.363. The maximum absolute atomic E-state index is 11.9. The number of carbonyl (C=O) groups is 1. The molecule has 110 valence electrons. The molecular formula is C15H20O5. The summed E-state index contributed by atoms with van der Waals surface area (Å²) in [6.45, 7) is 0. The van der Waals surface area contributed by atoms with E-state index in [0.29, 0.717) is 35.7 Å². The minimum Gasteiger partial charge on any atom is -0.496 e. The Kier molecular flexibility index (Phi) is 4.06. The summed E-state index contributed by atoms with van der Waals surface area (Å²) in [6, 6.07) is 3.46. The molecule has 1 aromatic carbocycles. The molecule has 0 unspecified atom stereocenters. The van der Waals surface area contributed by atoms with Crippen molar-refractivity contribution in [2.24, 2.45) is 0 Å². The first-order valence-corrected chi connectivity index (χ1v) is 6.63. The largest absolute Gasteiger partial charge is 0.496 e. The fourth-order valence-electron chi connectivity index (χ4n) is 3.08. The van der Waals surface area contributed by atoms with Crippen molar-refractivity contribution in [3.05, 3.63) is 17.7 Å². The number of carboxylic acid groups (broad SMARTS) is 1. The molecule has 0 saturated heterocycles. The number of aliphatic carboxylic acids is 1. The first kappa shape index (κ1) is 14.5. The van der Waals surface area contributed by atoms with E-state index in [1.54, 1.807) is 12.1 Å². The van der Waals surface area contributed by atoms with E-state index in [-0.39, 0.29) is 0 Å². The molecule has 2 rings (SSSR count). The molecule has 5 nitrogen and oxygen atoms in total. The molecular weight excluding hydrogens is 260 g/mol. The van der Waals surface area contributed by atoms with E-state index in [1.807, 2.05) is 0 Å². The van der Waals surface area contributed by atoms with Crippen molar-refractivity contribution >= 4 is 5.97 Å². The van der Waals surface area contributed by atoms with Crippen LogP contribution in [0, 0.1) is 0 Å². The molecule has 1 aromatic rings. The Morgan fingerprint density at radius 2 is 1.60 bits per heavy atom. The maximum atomic E-state index is 11.9. The molecule has 0 atom stereocenters. The zero-order valence-corrected chi connectivity index (χ0v) is 12.1. The summed E-state index contributed by atoms with van der Waals surface area (Å²) in [7, 11) is 4.59. The second-order valence-corrected chi connectivity index (χ2v) is 4.97. The van der Waals surface area contributed by atoms with Crippen LogP contribution in [0.3, 0.4) is 0 Å². The van der Waals surface area contributed by atoms with Crippen LogP contribution in [-0.4, -0.2) is 32.4 Å². The number of ether oxygens (including phenoxy) is 3. The Balaban J connectivity index is 2.72. The monoisotopic (exact) mass is 280 g/mol. The van der Waals surface area contributed by atoms with E-state index in [9.17, 15) is 9.90 Å². The first-order chi connectivity index (χ1) is 9.60. The van der Waals surface area contributed by atoms with Crippen molar-refractivity contribution in [1.29, 1.82) is 0 Å². The van der Waals surface area contributed by atoms with Crippen molar-refractivity contribution in [2.45, 2.75) is 31.1 Å². The second kappa shape index (κ2) is 5.61. The van der Waals surface area contributed by atoms with E-state index in [2.05, 4.69) is 0 Å². The van der Waals surface area contributed by atoms with Crippen LogP contribution in [-0.2, 0) is 10.2 Å². The summed E-state index contributed by atoms with van der Waals surface area (Å²) in [4.78, 5) is 11.9. The summed E-state index contributed by atoms with van der Waals surface area (Å²) in [5, 5.41) is 9.77. The number of benzene rings is 1.